The number of benzene rings is 2. The zero-order chi connectivity index (χ0) is 18.6. The van der Waals surface area contributed by atoms with E-state index in [1.165, 1.54) is 76.6 Å². The molecule has 2 aliphatic rings. The Hall–Kier alpha value is -2.23. The highest BCUT2D eigenvalue weighted by molar-refractivity contribution is 7.25. The van der Waals surface area contributed by atoms with Gasteiger partial charge in [0.15, 0.2) is 0 Å². The summed E-state index contributed by atoms with van der Waals surface area (Å²) in [4.78, 5) is 7.57. The molecule has 2 fully saturated rings. The van der Waals surface area contributed by atoms with Crippen molar-refractivity contribution in [1.29, 1.82) is 0 Å². The van der Waals surface area contributed by atoms with Crippen LogP contribution in [0.5, 0.6) is 0 Å². The van der Waals surface area contributed by atoms with Crippen molar-refractivity contribution in [3.63, 3.8) is 0 Å². The highest BCUT2D eigenvalue weighted by atomic mass is 32.1. The predicted octanol–water partition coefficient (Wildman–Crippen LogP) is 6.24. The maximum Gasteiger partial charge on any atom is 0.0702 e. The summed E-state index contributed by atoms with van der Waals surface area (Å²) in [5, 5.41) is 2.70. The number of hydrogen-bond acceptors (Lipinski definition) is 3. The van der Waals surface area contributed by atoms with E-state index < -0.39 is 0 Å². The van der Waals surface area contributed by atoms with Crippen LogP contribution in [-0.4, -0.2) is 29.5 Å². The van der Waals surface area contributed by atoms with Gasteiger partial charge in [-0.15, -0.1) is 11.3 Å². The maximum absolute atomic E-state index is 4.92. The minimum atomic E-state index is 0.343. The van der Waals surface area contributed by atoms with Crippen LogP contribution < -0.4 is 0 Å². The molecule has 0 atom stereocenters. The quantitative estimate of drug-likeness (QED) is 0.406. The number of aromatic nitrogens is 1. The fourth-order valence-electron chi connectivity index (χ4n) is 5.41. The van der Waals surface area contributed by atoms with Gasteiger partial charge in [-0.1, -0.05) is 30.3 Å². The molecular weight excluding hydrogens is 360 g/mol. The van der Waals surface area contributed by atoms with Gasteiger partial charge in [-0.3, -0.25) is 4.98 Å². The SMILES string of the molecule is c1ccc2c(c1)sc1ccc(-c3ccc(C45CCCN(CCC4)C5)cn3)cc12. The molecular formula is C25H24N2S. The fourth-order valence-corrected chi connectivity index (χ4v) is 6.49. The lowest BCUT2D eigenvalue weighted by atomic mass is 9.69. The number of hydrogen-bond donors (Lipinski definition) is 0. The first-order valence-electron chi connectivity index (χ1n) is 10.4. The standard InChI is InChI=1S/C25H24N2S/c1-2-6-23-20(5-1)21-15-18(7-10-24(21)28-23)22-9-8-19(16-26-22)25-11-3-13-27(17-25)14-4-12-25/h1-2,5-10,15-16H,3-4,11-14,17H2. The number of piperidine rings is 2. The first-order chi connectivity index (χ1) is 13.8. The normalized spacial score (nSPS) is 24.6. The first kappa shape index (κ1) is 16.7. The minimum absolute atomic E-state index is 0.343. The monoisotopic (exact) mass is 384 g/mol. The minimum Gasteiger partial charge on any atom is -0.302 e. The van der Waals surface area contributed by atoms with Gasteiger partial charge in [0.1, 0.15) is 0 Å². The summed E-state index contributed by atoms with van der Waals surface area (Å²) in [5.41, 5.74) is 4.09. The predicted molar refractivity (Wildman–Crippen MR) is 119 cm³/mol. The molecule has 2 nitrogen and oxygen atoms in total. The highest BCUT2D eigenvalue weighted by Gasteiger charge is 2.39. The Morgan fingerprint density at radius 1 is 0.857 bits per heavy atom. The molecule has 0 radical (unpaired) electrons. The maximum atomic E-state index is 4.92. The van der Waals surface area contributed by atoms with Crippen molar-refractivity contribution in [3.05, 3.63) is 66.4 Å². The molecule has 4 aromatic rings. The molecule has 140 valence electrons. The van der Waals surface area contributed by atoms with Crippen LogP contribution in [-0.2, 0) is 5.41 Å². The average Bonchev–Trinajstić information content (AvgIpc) is 3.12. The van der Waals surface area contributed by atoms with Crippen LogP contribution in [0, 0.1) is 0 Å². The Bertz CT molecular complexity index is 1150. The van der Waals surface area contributed by atoms with E-state index in [-0.39, 0.29) is 0 Å². The topological polar surface area (TPSA) is 16.1 Å². The van der Waals surface area contributed by atoms with E-state index in [0.29, 0.717) is 5.41 Å². The Labute approximate surface area is 169 Å². The van der Waals surface area contributed by atoms with Gasteiger partial charge in [0.2, 0.25) is 0 Å². The van der Waals surface area contributed by atoms with E-state index in [1.807, 2.05) is 11.3 Å². The van der Waals surface area contributed by atoms with Gasteiger partial charge in [0.05, 0.1) is 5.69 Å². The molecule has 3 heteroatoms. The lowest BCUT2D eigenvalue weighted by Gasteiger charge is -2.47. The summed E-state index contributed by atoms with van der Waals surface area (Å²) >= 11 is 1.87. The number of pyridine rings is 1. The fraction of sp³-hybridized carbons (Fsp3) is 0.320. The second-order valence-electron chi connectivity index (χ2n) is 8.50. The Morgan fingerprint density at radius 2 is 1.68 bits per heavy atom. The van der Waals surface area contributed by atoms with E-state index >= 15 is 0 Å². The average molecular weight is 385 g/mol. The Morgan fingerprint density at radius 3 is 2.50 bits per heavy atom. The van der Waals surface area contributed by atoms with E-state index in [2.05, 4.69) is 65.7 Å². The van der Waals surface area contributed by atoms with Crippen molar-refractivity contribution < 1.29 is 0 Å². The molecule has 0 spiro atoms. The number of nitrogens with zero attached hydrogens (tertiary/aromatic N) is 2. The van der Waals surface area contributed by atoms with Gasteiger partial charge in [0.25, 0.3) is 0 Å². The number of fused-ring (bicyclic) bond motifs is 5. The zero-order valence-corrected chi connectivity index (χ0v) is 16.8. The van der Waals surface area contributed by atoms with Gasteiger partial charge < -0.3 is 4.90 Å². The highest BCUT2D eigenvalue weighted by Crippen LogP contribution is 2.41. The number of rotatable bonds is 2. The Balaban J connectivity index is 1.38. The van der Waals surface area contributed by atoms with E-state index in [9.17, 15) is 0 Å². The third kappa shape index (κ3) is 2.61. The van der Waals surface area contributed by atoms with Gasteiger partial charge in [0, 0.05) is 43.9 Å². The van der Waals surface area contributed by atoms with Crippen LogP contribution in [0.1, 0.15) is 31.2 Å². The molecule has 0 unspecified atom stereocenters. The second kappa shape index (κ2) is 6.40. The van der Waals surface area contributed by atoms with Crippen LogP contribution in [0.3, 0.4) is 0 Å². The molecule has 4 heterocycles. The van der Waals surface area contributed by atoms with Crippen molar-refractivity contribution in [3.8, 4) is 11.3 Å². The lowest BCUT2D eigenvalue weighted by molar-refractivity contribution is 0.0941. The summed E-state index contributed by atoms with van der Waals surface area (Å²) in [6.07, 6.45) is 7.45. The number of thiophene rings is 1. The summed E-state index contributed by atoms with van der Waals surface area (Å²) in [5.74, 6) is 0. The van der Waals surface area contributed by atoms with Crippen molar-refractivity contribution in [2.24, 2.45) is 0 Å². The van der Waals surface area contributed by atoms with Gasteiger partial charge in [-0.05, 0) is 68.6 Å². The zero-order valence-electron chi connectivity index (χ0n) is 16.0. The van der Waals surface area contributed by atoms with E-state index in [1.54, 1.807) is 0 Å². The molecule has 2 bridgehead atoms. The third-order valence-electron chi connectivity index (χ3n) is 6.83. The van der Waals surface area contributed by atoms with Gasteiger partial charge in [-0.2, -0.15) is 0 Å². The van der Waals surface area contributed by atoms with Gasteiger partial charge >= 0.3 is 0 Å². The van der Waals surface area contributed by atoms with Crippen LogP contribution in [0.2, 0.25) is 0 Å². The molecule has 0 amide bonds. The van der Waals surface area contributed by atoms with Crippen molar-refractivity contribution >= 4 is 31.5 Å². The lowest BCUT2D eigenvalue weighted by Crippen LogP contribution is -2.50. The van der Waals surface area contributed by atoms with Crippen molar-refractivity contribution in [2.75, 3.05) is 19.6 Å². The Kier molecular flexibility index (Phi) is 3.82. The van der Waals surface area contributed by atoms with Crippen molar-refractivity contribution in [1.82, 2.24) is 9.88 Å². The summed E-state index contributed by atoms with van der Waals surface area (Å²) in [7, 11) is 0. The summed E-state index contributed by atoms with van der Waals surface area (Å²) < 4.78 is 2.71. The first-order valence-corrected chi connectivity index (χ1v) is 11.2. The molecule has 28 heavy (non-hydrogen) atoms. The van der Waals surface area contributed by atoms with Crippen LogP contribution in [0.15, 0.2) is 60.8 Å². The molecule has 0 aliphatic carbocycles. The van der Waals surface area contributed by atoms with Crippen LogP contribution in [0.25, 0.3) is 31.4 Å². The third-order valence-corrected chi connectivity index (χ3v) is 7.99. The molecule has 0 saturated carbocycles. The van der Waals surface area contributed by atoms with Gasteiger partial charge in [-0.25, -0.2) is 0 Å². The summed E-state index contributed by atoms with van der Waals surface area (Å²) in [6.45, 7) is 3.78. The molecule has 2 saturated heterocycles. The van der Waals surface area contributed by atoms with Crippen molar-refractivity contribution in [2.45, 2.75) is 31.1 Å². The second-order valence-corrected chi connectivity index (χ2v) is 9.59. The van der Waals surface area contributed by atoms with E-state index in [4.69, 9.17) is 4.98 Å². The van der Waals surface area contributed by atoms with Crippen LogP contribution in [0.4, 0.5) is 0 Å². The van der Waals surface area contributed by atoms with E-state index in [0.717, 1.165) is 5.69 Å². The smallest absolute Gasteiger partial charge is 0.0702 e. The molecule has 2 aliphatic heterocycles. The molecule has 6 rings (SSSR count). The largest absolute Gasteiger partial charge is 0.302 e. The van der Waals surface area contributed by atoms with Crippen LogP contribution >= 0.6 is 11.3 Å². The molecule has 2 aromatic heterocycles. The molecule has 0 N–H and O–H groups in total. The molecule has 2 aromatic carbocycles. The summed E-state index contributed by atoms with van der Waals surface area (Å²) in [6, 6.07) is 20.1.